The molecule has 0 saturated carbocycles. The van der Waals surface area contributed by atoms with E-state index in [1.54, 1.807) is 20.8 Å². The maximum Gasteiger partial charge on any atom is 0.573 e. The Morgan fingerprint density at radius 2 is 1.86 bits per heavy atom. The molecule has 1 aromatic rings. The zero-order chi connectivity index (χ0) is 22.0. The maximum absolute atomic E-state index is 12.6. The highest BCUT2D eigenvalue weighted by atomic mass is 19.4. The number of carbonyl (C=O) groups is 2. The average molecular weight is 418 g/mol. The molecule has 1 aromatic carbocycles. The second-order valence-corrected chi connectivity index (χ2v) is 7.97. The van der Waals surface area contributed by atoms with Crippen molar-refractivity contribution in [3.63, 3.8) is 0 Å². The summed E-state index contributed by atoms with van der Waals surface area (Å²) in [5, 5.41) is 12.3. The van der Waals surface area contributed by atoms with Gasteiger partial charge in [0.2, 0.25) is 5.91 Å². The van der Waals surface area contributed by atoms with Crippen LogP contribution < -0.4 is 10.1 Å². The van der Waals surface area contributed by atoms with Crippen molar-refractivity contribution in [1.29, 1.82) is 0 Å². The van der Waals surface area contributed by atoms with E-state index in [4.69, 9.17) is 4.74 Å². The molecule has 162 valence electrons. The summed E-state index contributed by atoms with van der Waals surface area (Å²) < 4.78 is 46.3. The Balaban J connectivity index is 2.09. The molecular formula is C19H25F3N2O5. The van der Waals surface area contributed by atoms with E-state index in [-0.39, 0.29) is 18.3 Å². The highest BCUT2D eigenvalue weighted by molar-refractivity contribution is 5.94. The van der Waals surface area contributed by atoms with Crippen LogP contribution in [0, 0.1) is 5.92 Å². The molecule has 2 amide bonds. The average Bonchev–Trinajstić information content (AvgIpc) is 2.55. The van der Waals surface area contributed by atoms with Crippen LogP contribution in [0.4, 0.5) is 23.7 Å². The van der Waals surface area contributed by atoms with E-state index in [1.165, 1.54) is 4.90 Å². The Bertz CT molecular complexity index is 761. The zero-order valence-electron chi connectivity index (χ0n) is 16.7. The van der Waals surface area contributed by atoms with Crippen molar-refractivity contribution in [2.45, 2.75) is 58.5 Å². The van der Waals surface area contributed by atoms with E-state index in [9.17, 15) is 27.9 Å². The molecule has 0 unspecified atom stereocenters. The molecule has 1 aliphatic heterocycles. The molecule has 1 heterocycles. The second kappa shape index (κ2) is 8.38. The van der Waals surface area contributed by atoms with E-state index in [1.807, 2.05) is 6.92 Å². The number of amides is 2. The molecule has 0 aliphatic carbocycles. The molecular weight excluding hydrogens is 393 g/mol. The minimum atomic E-state index is -4.90. The van der Waals surface area contributed by atoms with E-state index in [0.29, 0.717) is 12.8 Å². The Morgan fingerprint density at radius 1 is 1.21 bits per heavy atom. The number of hydrogen-bond donors (Lipinski definition) is 2. The van der Waals surface area contributed by atoms with Crippen LogP contribution in [0.2, 0.25) is 0 Å². The number of ether oxygens (including phenoxy) is 2. The molecule has 0 spiro atoms. The van der Waals surface area contributed by atoms with Gasteiger partial charge in [-0.3, -0.25) is 4.79 Å². The lowest BCUT2D eigenvalue weighted by Gasteiger charge is -2.38. The highest BCUT2D eigenvalue weighted by Gasteiger charge is 2.35. The monoisotopic (exact) mass is 418 g/mol. The Labute approximate surface area is 166 Å². The minimum absolute atomic E-state index is 0.0986. The van der Waals surface area contributed by atoms with Crippen molar-refractivity contribution in [3.05, 3.63) is 18.2 Å². The molecule has 1 aliphatic rings. The third kappa shape index (κ3) is 6.72. The van der Waals surface area contributed by atoms with Gasteiger partial charge in [0.05, 0.1) is 11.6 Å². The van der Waals surface area contributed by atoms with E-state index >= 15 is 0 Å². The number of rotatable bonds is 3. The lowest BCUT2D eigenvalue weighted by Crippen LogP contribution is -2.49. The van der Waals surface area contributed by atoms with Crippen LogP contribution in [-0.4, -0.2) is 46.6 Å². The van der Waals surface area contributed by atoms with Crippen LogP contribution in [0.15, 0.2) is 18.2 Å². The van der Waals surface area contributed by atoms with Crippen LogP contribution in [0.3, 0.4) is 0 Å². The lowest BCUT2D eigenvalue weighted by atomic mass is 9.93. The molecule has 0 radical (unpaired) electrons. The third-order valence-electron chi connectivity index (χ3n) is 4.34. The quantitative estimate of drug-likeness (QED) is 0.716. The normalized spacial score (nSPS) is 20.2. The smallest absolute Gasteiger partial charge is 0.506 e. The van der Waals surface area contributed by atoms with E-state index < -0.39 is 41.4 Å². The predicted molar refractivity (Wildman–Crippen MR) is 98.5 cm³/mol. The number of benzene rings is 1. The first-order valence-electron chi connectivity index (χ1n) is 9.14. The van der Waals surface area contributed by atoms with Crippen LogP contribution >= 0.6 is 0 Å². The Kier molecular flexibility index (Phi) is 6.54. The van der Waals surface area contributed by atoms with Gasteiger partial charge in [0.1, 0.15) is 17.1 Å². The molecule has 29 heavy (non-hydrogen) atoms. The first-order valence-corrected chi connectivity index (χ1v) is 9.14. The number of halogens is 3. The fourth-order valence-electron chi connectivity index (χ4n) is 2.94. The summed E-state index contributed by atoms with van der Waals surface area (Å²) in [5.41, 5.74) is -0.893. The second-order valence-electron chi connectivity index (χ2n) is 7.97. The van der Waals surface area contributed by atoms with Crippen molar-refractivity contribution >= 4 is 17.7 Å². The number of anilines is 1. The van der Waals surface area contributed by atoms with Gasteiger partial charge in [0.25, 0.3) is 0 Å². The van der Waals surface area contributed by atoms with Crippen molar-refractivity contribution in [2.24, 2.45) is 5.92 Å². The topological polar surface area (TPSA) is 88.1 Å². The number of aromatic hydroxyl groups is 1. The van der Waals surface area contributed by atoms with Crippen molar-refractivity contribution in [3.8, 4) is 11.5 Å². The lowest BCUT2D eigenvalue weighted by molar-refractivity contribution is -0.274. The third-order valence-corrected chi connectivity index (χ3v) is 4.34. The summed E-state index contributed by atoms with van der Waals surface area (Å²) in [7, 11) is 0. The standard InChI is InChI=1S/C19H25F3N2O5/c1-11-5-6-12(10-24(11)17(27)29-18(2,3)4)16(26)23-14-9-13(7-8-15(14)25)28-19(20,21)22/h7-9,11-12,25H,5-6,10H2,1-4H3,(H,23,26)/t11-,12-/m1/s1. The predicted octanol–water partition coefficient (Wildman–Crippen LogP) is 4.26. The van der Waals surface area contributed by atoms with Gasteiger partial charge in [-0.2, -0.15) is 0 Å². The van der Waals surface area contributed by atoms with E-state index in [2.05, 4.69) is 10.1 Å². The number of nitrogens with zero attached hydrogens (tertiary/aromatic N) is 1. The van der Waals surface area contributed by atoms with Crippen LogP contribution in [0.1, 0.15) is 40.5 Å². The van der Waals surface area contributed by atoms with Crippen molar-refractivity contribution in [2.75, 3.05) is 11.9 Å². The van der Waals surface area contributed by atoms with Crippen LogP contribution in [0.25, 0.3) is 0 Å². The summed E-state index contributed by atoms with van der Waals surface area (Å²) in [6.45, 7) is 7.16. The Morgan fingerprint density at radius 3 is 2.45 bits per heavy atom. The first kappa shape index (κ1) is 22.6. The summed E-state index contributed by atoms with van der Waals surface area (Å²) in [5.74, 6) is -2.10. The number of nitrogens with one attached hydrogen (secondary N) is 1. The molecule has 2 rings (SSSR count). The molecule has 2 atom stereocenters. The number of piperidine rings is 1. The van der Waals surface area contributed by atoms with Gasteiger partial charge >= 0.3 is 12.5 Å². The van der Waals surface area contributed by atoms with Crippen LogP contribution in [0.5, 0.6) is 11.5 Å². The molecule has 1 saturated heterocycles. The molecule has 7 nitrogen and oxygen atoms in total. The summed E-state index contributed by atoms with van der Waals surface area (Å²) in [6.07, 6.45) is -4.40. The van der Waals surface area contributed by atoms with Gasteiger partial charge in [-0.15, -0.1) is 13.2 Å². The van der Waals surface area contributed by atoms with Gasteiger partial charge < -0.3 is 24.8 Å². The number of hydrogen-bond acceptors (Lipinski definition) is 5. The molecule has 2 N–H and O–H groups in total. The molecule has 1 fully saturated rings. The van der Waals surface area contributed by atoms with Gasteiger partial charge in [0.15, 0.2) is 0 Å². The fourth-order valence-corrected chi connectivity index (χ4v) is 2.94. The maximum atomic E-state index is 12.6. The number of phenols is 1. The van der Waals surface area contributed by atoms with Gasteiger partial charge in [-0.25, -0.2) is 4.79 Å². The SMILES string of the molecule is C[C@@H]1CC[C@@H](C(=O)Nc2cc(OC(F)(F)F)ccc2O)CN1C(=O)OC(C)(C)C. The van der Waals surface area contributed by atoms with Crippen LogP contribution in [-0.2, 0) is 9.53 Å². The van der Waals surface area contributed by atoms with Crippen molar-refractivity contribution < 1.29 is 37.3 Å². The number of alkyl halides is 3. The van der Waals surface area contributed by atoms with Gasteiger partial charge in [0, 0.05) is 18.7 Å². The molecule has 0 aromatic heterocycles. The number of likely N-dealkylation sites (tertiary alicyclic amines) is 1. The summed E-state index contributed by atoms with van der Waals surface area (Å²) in [6, 6.07) is 2.70. The fraction of sp³-hybridized carbons (Fsp3) is 0.579. The Hall–Kier alpha value is -2.65. The first-order chi connectivity index (χ1) is 13.2. The largest absolute Gasteiger partial charge is 0.573 e. The molecule has 0 bridgehead atoms. The van der Waals surface area contributed by atoms with Crippen molar-refractivity contribution in [1.82, 2.24) is 4.90 Å². The van der Waals surface area contributed by atoms with Gasteiger partial charge in [-0.05, 0) is 52.7 Å². The zero-order valence-corrected chi connectivity index (χ0v) is 16.7. The molecule has 10 heteroatoms. The number of phenolic OH excluding ortho intramolecular Hbond substituents is 1. The summed E-state index contributed by atoms with van der Waals surface area (Å²) >= 11 is 0. The number of carbonyl (C=O) groups excluding carboxylic acids is 2. The minimum Gasteiger partial charge on any atom is -0.506 e. The highest BCUT2D eigenvalue weighted by Crippen LogP contribution is 2.32. The van der Waals surface area contributed by atoms with E-state index in [0.717, 1.165) is 18.2 Å². The summed E-state index contributed by atoms with van der Waals surface area (Å²) in [4.78, 5) is 26.5. The van der Waals surface area contributed by atoms with Gasteiger partial charge in [-0.1, -0.05) is 0 Å².